The van der Waals surface area contributed by atoms with Crippen molar-refractivity contribution >= 4 is 46.1 Å². The minimum atomic E-state index is -2.74. The van der Waals surface area contributed by atoms with Gasteiger partial charge in [0, 0.05) is 47.6 Å². The van der Waals surface area contributed by atoms with E-state index in [9.17, 15) is 34.2 Å². The van der Waals surface area contributed by atoms with Crippen LogP contribution in [0.15, 0.2) is 18.2 Å². The van der Waals surface area contributed by atoms with Crippen LogP contribution in [0.3, 0.4) is 0 Å². The molecule has 234 valence electrons. The van der Waals surface area contributed by atoms with Gasteiger partial charge in [-0.3, -0.25) is 33.8 Å². The van der Waals surface area contributed by atoms with Gasteiger partial charge in [0.25, 0.3) is 0 Å². The Morgan fingerprint density at radius 1 is 1.09 bits per heavy atom. The molecule has 6 rings (SSSR count). The number of phenolic OH excluding ortho intramolecular Hbond substituents is 1. The lowest BCUT2D eigenvalue weighted by Gasteiger charge is -2.52. The number of nitrogens with zero attached hydrogens (tertiary/aromatic N) is 3. The lowest BCUT2D eigenvalue weighted by molar-refractivity contribution is -0.181. The molecule has 3 fully saturated rings. The van der Waals surface area contributed by atoms with Crippen LogP contribution in [0.25, 0.3) is 10.4 Å². The minimum absolute atomic E-state index is 0.00675. The van der Waals surface area contributed by atoms with E-state index in [4.69, 9.17) is 5.73 Å². The van der Waals surface area contributed by atoms with E-state index in [1.165, 1.54) is 29.1 Å². The van der Waals surface area contributed by atoms with Crippen molar-refractivity contribution in [3.63, 3.8) is 0 Å². The van der Waals surface area contributed by atoms with Gasteiger partial charge < -0.3 is 20.8 Å². The number of likely N-dealkylation sites (tertiary alicyclic amines) is 1. The third-order valence-corrected chi connectivity index (χ3v) is 11.1. The summed E-state index contributed by atoms with van der Waals surface area (Å²) in [4.78, 5) is 75.2. The van der Waals surface area contributed by atoms with Crippen molar-refractivity contribution in [3.8, 4) is 16.2 Å². The summed E-state index contributed by atoms with van der Waals surface area (Å²) in [5, 5.41) is 23.5. The predicted octanol–water partition coefficient (Wildman–Crippen LogP) is 1.26. The molecule has 11 nitrogen and oxygen atoms in total. The van der Waals surface area contributed by atoms with Gasteiger partial charge >= 0.3 is 0 Å². The molecule has 0 spiro atoms. The highest BCUT2D eigenvalue weighted by Crippen LogP contribution is 2.53. The fourth-order valence-corrected chi connectivity index (χ4v) is 9.08. The van der Waals surface area contributed by atoms with Crippen molar-refractivity contribution in [1.29, 1.82) is 0 Å². The number of hydrogen-bond acceptors (Lipinski definition) is 11. The molecule has 1 saturated heterocycles. The number of thiophene rings is 1. The SMILES string of the molecule is CN(C)c1cc(-c2ccc(CN3CCCC3)s2)c(O)c2c1CC1CC3C(N(C)C)C(=O)C(C(N)=O)C(=O)C3(O)C(=O)C1C2=O. The van der Waals surface area contributed by atoms with E-state index < -0.39 is 64.4 Å². The van der Waals surface area contributed by atoms with E-state index in [0.29, 0.717) is 11.1 Å². The standard InChI is InChI=1S/C32H38N4O7S/c1-34(2)20-13-18(21-8-7-16(44-21)14-36-9-5-6-10-36)26(37)23-17(20)11-15-12-19-25(35(3)4)28(39)24(31(33)42)30(41)32(19,43)29(40)22(15)27(23)38/h7-8,13,15,19,22,24-25,37,43H,5-6,9-12,14H2,1-4H3,(H2,33,42). The van der Waals surface area contributed by atoms with Crippen molar-refractivity contribution < 1.29 is 34.2 Å². The number of aliphatic hydroxyl groups is 1. The summed E-state index contributed by atoms with van der Waals surface area (Å²) in [5.74, 6) is -10.4. The molecular weight excluding hydrogens is 584 g/mol. The number of rotatable bonds is 6. The molecule has 1 amide bonds. The summed E-state index contributed by atoms with van der Waals surface area (Å²) in [6.07, 6.45) is 2.59. The molecule has 1 aromatic heterocycles. The monoisotopic (exact) mass is 622 g/mol. The first kappa shape index (κ1) is 30.6. The van der Waals surface area contributed by atoms with Gasteiger partial charge in [0.1, 0.15) is 5.75 Å². The quantitative estimate of drug-likeness (QED) is 0.400. The van der Waals surface area contributed by atoms with Gasteiger partial charge in [-0.05, 0) is 82.5 Å². The first-order valence-corrected chi connectivity index (χ1v) is 15.8. The van der Waals surface area contributed by atoms with E-state index in [1.54, 1.807) is 14.1 Å². The smallest absolute Gasteiger partial charge is 0.235 e. The van der Waals surface area contributed by atoms with Gasteiger partial charge in [0.2, 0.25) is 5.91 Å². The zero-order valence-corrected chi connectivity index (χ0v) is 26.1. The lowest BCUT2D eigenvalue weighted by Crippen LogP contribution is -2.74. The molecule has 2 heterocycles. The summed E-state index contributed by atoms with van der Waals surface area (Å²) < 4.78 is 0. The number of amides is 1. The zero-order valence-electron chi connectivity index (χ0n) is 25.3. The largest absolute Gasteiger partial charge is 0.506 e. The van der Waals surface area contributed by atoms with Crippen LogP contribution >= 0.6 is 11.3 Å². The Kier molecular flexibility index (Phi) is 7.55. The van der Waals surface area contributed by atoms with Gasteiger partial charge in [-0.15, -0.1) is 11.3 Å². The molecule has 0 bridgehead atoms. The van der Waals surface area contributed by atoms with Gasteiger partial charge in [0.05, 0.1) is 17.5 Å². The van der Waals surface area contributed by atoms with E-state index in [0.717, 1.165) is 35.1 Å². The highest BCUT2D eigenvalue weighted by molar-refractivity contribution is 7.15. The predicted molar refractivity (Wildman–Crippen MR) is 164 cm³/mol. The van der Waals surface area contributed by atoms with Crippen molar-refractivity contribution in [2.24, 2.45) is 29.4 Å². The fraction of sp³-hybridized carbons (Fsp3) is 0.531. The van der Waals surface area contributed by atoms with Gasteiger partial charge in [-0.25, -0.2) is 0 Å². The van der Waals surface area contributed by atoms with Crippen LogP contribution in [0, 0.1) is 23.7 Å². The number of Topliss-reactive ketones (excluding diaryl/α,β-unsaturated/α-hetero) is 4. The number of anilines is 1. The maximum absolute atomic E-state index is 14.3. The first-order valence-electron chi connectivity index (χ1n) is 15.0. The van der Waals surface area contributed by atoms with Crippen molar-refractivity contribution in [1.82, 2.24) is 9.80 Å². The molecule has 6 unspecified atom stereocenters. The Morgan fingerprint density at radius 3 is 2.39 bits per heavy atom. The topological polar surface area (TPSA) is 162 Å². The third-order valence-electron chi connectivity index (χ3n) is 10.0. The van der Waals surface area contributed by atoms with Gasteiger partial charge in [0.15, 0.2) is 34.7 Å². The molecule has 44 heavy (non-hydrogen) atoms. The number of phenols is 1. The molecular formula is C32H38N4O7S. The van der Waals surface area contributed by atoms with Gasteiger partial charge in [-0.2, -0.15) is 0 Å². The van der Waals surface area contributed by atoms with Crippen molar-refractivity contribution in [2.45, 2.75) is 43.9 Å². The Labute approximate surface area is 259 Å². The second kappa shape index (κ2) is 10.9. The summed E-state index contributed by atoms with van der Waals surface area (Å²) in [7, 11) is 6.82. The summed E-state index contributed by atoms with van der Waals surface area (Å²) >= 11 is 1.54. The molecule has 4 N–H and O–H groups in total. The summed E-state index contributed by atoms with van der Waals surface area (Å²) in [5.41, 5.74) is 4.45. The number of benzene rings is 1. The first-order chi connectivity index (χ1) is 20.8. The Bertz CT molecular complexity index is 1590. The van der Waals surface area contributed by atoms with E-state index in [1.807, 2.05) is 37.2 Å². The molecule has 6 atom stereocenters. The Balaban J connectivity index is 1.44. The number of ketones is 4. The normalized spacial score (nSPS) is 30.4. The van der Waals surface area contributed by atoms with Gasteiger partial charge in [-0.1, -0.05) is 0 Å². The minimum Gasteiger partial charge on any atom is -0.506 e. The molecule has 3 aliphatic carbocycles. The van der Waals surface area contributed by atoms with Crippen LogP contribution in [-0.4, -0.2) is 102 Å². The second-order valence-electron chi connectivity index (χ2n) is 13.1. The van der Waals surface area contributed by atoms with E-state index in [2.05, 4.69) is 4.90 Å². The van der Waals surface area contributed by atoms with Crippen molar-refractivity contribution in [3.05, 3.63) is 34.2 Å². The zero-order chi connectivity index (χ0) is 31.8. The van der Waals surface area contributed by atoms with Crippen LogP contribution in [-0.2, 0) is 32.1 Å². The summed E-state index contributed by atoms with van der Waals surface area (Å²) in [6, 6.07) is 4.68. The molecule has 0 radical (unpaired) electrons. The maximum atomic E-state index is 14.3. The number of primary amides is 1. The molecule has 2 aromatic rings. The number of carbonyl (C=O) groups is 5. The maximum Gasteiger partial charge on any atom is 0.235 e. The number of aromatic hydroxyl groups is 1. The van der Waals surface area contributed by atoms with Crippen LogP contribution in [0.4, 0.5) is 5.69 Å². The van der Waals surface area contributed by atoms with Crippen LogP contribution in [0.2, 0.25) is 0 Å². The van der Waals surface area contributed by atoms with Crippen molar-refractivity contribution in [2.75, 3.05) is 46.2 Å². The van der Waals surface area contributed by atoms with Crippen LogP contribution in [0.1, 0.15) is 40.1 Å². The third kappa shape index (κ3) is 4.45. The molecule has 1 aromatic carbocycles. The lowest BCUT2D eigenvalue weighted by atomic mass is 9.52. The number of fused-ring (bicyclic) bond motifs is 3. The van der Waals surface area contributed by atoms with Crippen LogP contribution in [0.5, 0.6) is 5.75 Å². The highest BCUT2D eigenvalue weighted by atomic mass is 32.1. The number of likely N-dealkylation sites (N-methyl/N-ethyl adjacent to an activating group) is 1. The summed E-state index contributed by atoms with van der Waals surface area (Å²) in [6.45, 7) is 2.91. The fourth-order valence-electron chi connectivity index (χ4n) is 8.01. The highest BCUT2D eigenvalue weighted by Gasteiger charge is 2.69. The number of carbonyl (C=O) groups excluding carboxylic acids is 5. The molecule has 1 aliphatic heterocycles. The van der Waals surface area contributed by atoms with Crippen LogP contribution < -0.4 is 10.6 Å². The molecule has 4 aliphatic rings. The molecule has 12 heteroatoms. The average Bonchev–Trinajstić information content (AvgIpc) is 3.63. The Hall–Kier alpha value is -3.45. The molecule has 2 saturated carbocycles. The average molecular weight is 623 g/mol. The van der Waals surface area contributed by atoms with E-state index >= 15 is 0 Å². The number of nitrogens with two attached hydrogens (primary N) is 1. The number of hydrogen-bond donors (Lipinski definition) is 3. The second-order valence-corrected chi connectivity index (χ2v) is 14.2. The Morgan fingerprint density at radius 2 is 1.77 bits per heavy atom. The van der Waals surface area contributed by atoms with E-state index in [-0.39, 0.29) is 24.2 Å².